The van der Waals surface area contributed by atoms with E-state index in [1.807, 2.05) is 6.92 Å². The molecule has 0 saturated carbocycles. The smallest absolute Gasteiger partial charge is 0.405 e. The molecule has 1 aromatic carbocycles. The van der Waals surface area contributed by atoms with Gasteiger partial charge in [-0.25, -0.2) is 0 Å². The van der Waals surface area contributed by atoms with E-state index in [4.69, 9.17) is 4.74 Å². The predicted molar refractivity (Wildman–Crippen MR) is 97.9 cm³/mol. The predicted octanol–water partition coefficient (Wildman–Crippen LogP) is 3.29. The quantitative estimate of drug-likeness (QED) is 0.270. The summed E-state index contributed by atoms with van der Waals surface area (Å²) in [6.45, 7) is 4.05. The number of benzene rings is 1. The molecule has 24 heavy (non-hydrogen) atoms. The van der Waals surface area contributed by atoms with Gasteiger partial charge in [0, 0.05) is 38.9 Å². The zero-order valence-corrected chi connectivity index (χ0v) is 16.0. The Labute approximate surface area is 157 Å². The highest BCUT2D eigenvalue weighted by atomic mass is 127. The number of alkyl halides is 3. The van der Waals surface area contributed by atoms with Crippen molar-refractivity contribution in [2.75, 3.05) is 26.8 Å². The van der Waals surface area contributed by atoms with Crippen LogP contribution in [0.25, 0.3) is 0 Å². The first-order valence-corrected chi connectivity index (χ1v) is 7.32. The van der Waals surface area contributed by atoms with Gasteiger partial charge in [0.05, 0.1) is 0 Å². The molecule has 0 bridgehead atoms. The second kappa shape index (κ2) is 12.2. The Kier molecular flexibility index (Phi) is 11.6. The molecule has 0 spiro atoms. The SMILES string of the molecule is CCOCCCNC(=NC)NCc1ccccc1OC(F)(F)F.I. The molecule has 0 amide bonds. The molecule has 0 aliphatic rings. The number of hydrogen-bond acceptors (Lipinski definition) is 3. The second-order valence-electron chi connectivity index (χ2n) is 4.56. The molecule has 0 heterocycles. The lowest BCUT2D eigenvalue weighted by molar-refractivity contribution is -0.274. The van der Waals surface area contributed by atoms with Crippen LogP contribution < -0.4 is 15.4 Å². The Morgan fingerprint density at radius 1 is 1.21 bits per heavy atom. The van der Waals surface area contributed by atoms with Crippen molar-refractivity contribution in [3.8, 4) is 5.75 Å². The summed E-state index contributed by atoms with van der Waals surface area (Å²) in [7, 11) is 1.59. The summed E-state index contributed by atoms with van der Waals surface area (Å²) in [5.74, 6) is 0.280. The van der Waals surface area contributed by atoms with Crippen LogP contribution in [-0.4, -0.2) is 39.1 Å². The van der Waals surface area contributed by atoms with Crippen LogP contribution >= 0.6 is 24.0 Å². The number of nitrogens with one attached hydrogen (secondary N) is 2. The van der Waals surface area contributed by atoms with Gasteiger partial charge in [-0.2, -0.15) is 0 Å². The first-order chi connectivity index (χ1) is 11.0. The van der Waals surface area contributed by atoms with Gasteiger partial charge in [0.25, 0.3) is 0 Å². The standard InChI is InChI=1S/C15H22F3N3O2.HI/c1-3-22-10-6-9-20-14(19-2)21-11-12-7-4-5-8-13(12)23-15(16,17)18;/h4-5,7-8H,3,6,9-11H2,1-2H3,(H2,19,20,21);1H. The van der Waals surface area contributed by atoms with E-state index in [9.17, 15) is 13.2 Å². The highest BCUT2D eigenvalue weighted by Crippen LogP contribution is 2.25. The molecule has 0 aromatic heterocycles. The van der Waals surface area contributed by atoms with E-state index in [-0.39, 0.29) is 36.3 Å². The van der Waals surface area contributed by atoms with Crippen molar-refractivity contribution in [2.45, 2.75) is 26.3 Å². The van der Waals surface area contributed by atoms with Crippen molar-refractivity contribution < 1.29 is 22.6 Å². The Hall–Kier alpha value is -1.23. The van der Waals surface area contributed by atoms with Crippen molar-refractivity contribution in [1.82, 2.24) is 10.6 Å². The van der Waals surface area contributed by atoms with E-state index in [0.29, 0.717) is 31.3 Å². The molecule has 0 saturated heterocycles. The van der Waals surface area contributed by atoms with E-state index < -0.39 is 6.36 Å². The molecule has 9 heteroatoms. The second-order valence-corrected chi connectivity index (χ2v) is 4.56. The van der Waals surface area contributed by atoms with Gasteiger partial charge >= 0.3 is 6.36 Å². The monoisotopic (exact) mass is 461 g/mol. The summed E-state index contributed by atoms with van der Waals surface area (Å²) >= 11 is 0. The maximum atomic E-state index is 12.4. The van der Waals surface area contributed by atoms with Crippen LogP contribution in [0.15, 0.2) is 29.3 Å². The van der Waals surface area contributed by atoms with Crippen LogP contribution in [0.3, 0.4) is 0 Å². The number of rotatable bonds is 8. The Morgan fingerprint density at radius 3 is 2.54 bits per heavy atom. The molecule has 5 nitrogen and oxygen atoms in total. The molecular formula is C15H23F3IN3O2. The van der Waals surface area contributed by atoms with Crippen molar-refractivity contribution in [3.05, 3.63) is 29.8 Å². The molecule has 0 radical (unpaired) electrons. The van der Waals surface area contributed by atoms with Gasteiger partial charge in [-0.3, -0.25) is 4.99 Å². The molecule has 0 atom stereocenters. The third-order valence-corrected chi connectivity index (χ3v) is 2.83. The van der Waals surface area contributed by atoms with Crippen molar-refractivity contribution >= 4 is 29.9 Å². The highest BCUT2D eigenvalue weighted by molar-refractivity contribution is 14.0. The Bertz CT molecular complexity index is 499. The van der Waals surface area contributed by atoms with Gasteiger partial charge in [-0.15, -0.1) is 37.1 Å². The molecular weight excluding hydrogens is 438 g/mol. The summed E-state index contributed by atoms with van der Waals surface area (Å²) in [4.78, 5) is 4.02. The molecule has 0 unspecified atom stereocenters. The van der Waals surface area contributed by atoms with Crippen LogP contribution in [0.4, 0.5) is 13.2 Å². The minimum absolute atomic E-state index is 0. The van der Waals surface area contributed by atoms with Crippen LogP contribution in [-0.2, 0) is 11.3 Å². The lowest BCUT2D eigenvalue weighted by atomic mass is 10.2. The van der Waals surface area contributed by atoms with Gasteiger partial charge in [0.15, 0.2) is 5.96 Å². The first kappa shape index (κ1) is 22.8. The van der Waals surface area contributed by atoms with Crippen LogP contribution in [0.2, 0.25) is 0 Å². The van der Waals surface area contributed by atoms with Gasteiger partial charge in [-0.1, -0.05) is 18.2 Å². The fourth-order valence-electron chi connectivity index (χ4n) is 1.80. The van der Waals surface area contributed by atoms with E-state index >= 15 is 0 Å². The highest BCUT2D eigenvalue weighted by Gasteiger charge is 2.31. The fraction of sp³-hybridized carbons (Fsp3) is 0.533. The zero-order chi connectivity index (χ0) is 17.1. The Morgan fingerprint density at radius 2 is 1.92 bits per heavy atom. The fourth-order valence-corrected chi connectivity index (χ4v) is 1.80. The summed E-state index contributed by atoms with van der Waals surface area (Å²) < 4.78 is 46.3. The lowest BCUT2D eigenvalue weighted by Crippen LogP contribution is -2.37. The van der Waals surface area contributed by atoms with E-state index in [2.05, 4.69) is 20.4 Å². The Balaban J connectivity index is 0.00000529. The molecule has 1 aromatic rings. The summed E-state index contributed by atoms with van der Waals surface area (Å²) in [5, 5.41) is 6.02. The minimum Gasteiger partial charge on any atom is -0.405 e. The van der Waals surface area contributed by atoms with E-state index in [0.717, 1.165) is 6.42 Å². The van der Waals surface area contributed by atoms with Gasteiger partial charge in [-0.05, 0) is 19.4 Å². The lowest BCUT2D eigenvalue weighted by Gasteiger charge is -2.15. The zero-order valence-electron chi connectivity index (χ0n) is 13.7. The number of para-hydroxylation sites is 1. The maximum Gasteiger partial charge on any atom is 0.573 e. The molecule has 0 fully saturated rings. The molecule has 138 valence electrons. The van der Waals surface area contributed by atoms with E-state index in [1.54, 1.807) is 19.2 Å². The molecule has 0 aliphatic heterocycles. The van der Waals surface area contributed by atoms with Crippen molar-refractivity contribution in [2.24, 2.45) is 4.99 Å². The number of halogens is 4. The minimum atomic E-state index is -4.71. The van der Waals surface area contributed by atoms with Gasteiger partial charge in [0.1, 0.15) is 5.75 Å². The summed E-state index contributed by atoms with van der Waals surface area (Å²) in [5.41, 5.74) is 0.391. The molecule has 0 aliphatic carbocycles. The topological polar surface area (TPSA) is 54.9 Å². The third kappa shape index (κ3) is 9.81. The number of nitrogens with zero attached hydrogens (tertiary/aromatic N) is 1. The summed E-state index contributed by atoms with van der Waals surface area (Å²) in [6.07, 6.45) is -3.91. The number of aliphatic imine (C=N–C) groups is 1. The van der Waals surface area contributed by atoms with Crippen LogP contribution in [0.1, 0.15) is 18.9 Å². The van der Waals surface area contributed by atoms with E-state index in [1.165, 1.54) is 12.1 Å². The normalized spacial score (nSPS) is 11.6. The van der Waals surface area contributed by atoms with Crippen molar-refractivity contribution in [1.29, 1.82) is 0 Å². The average Bonchev–Trinajstić information content (AvgIpc) is 2.50. The van der Waals surface area contributed by atoms with Gasteiger partial charge in [0.2, 0.25) is 0 Å². The molecule has 2 N–H and O–H groups in total. The number of ether oxygens (including phenoxy) is 2. The largest absolute Gasteiger partial charge is 0.573 e. The number of guanidine groups is 1. The third-order valence-electron chi connectivity index (χ3n) is 2.83. The van der Waals surface area contributed by atoms with Crippen molar-refractivity contribution in [3.63, 3.8) is 0 Å². The van der Waals surface area contributed by atoms with Crippen LogP contribution in [0, 0.1) is 0 Å². The maximum absolute atomic E-state index is 12.4. The average molecular weight is 461 g/mol. The molecule has 1 rings (SSSR count). The summed E-state index contributed by atoms with van der Waals surface area (Å²) in [6, 6.07) is 5.99. The van der Waals surface area contributed by atoms with Gasteiger partial charge < -0.3 is 20.1 Å². The van der Waals surface area contributed by atoms with Crippen LogP contribution in [0.5, 0.6) is 5.75 Å². The number of hydrogen-bond donors (Lipinski definition) is 2. The first-order valence-electron chi connectivity index (χ1n) is 7.32.